The van der Waals surface area contributed by atoms with Crippen LogP contribution in [0.5, 0.6) is 0 Å². The molecule has 236 valence electrons. The van der Waals surface area contributed by atoms with Gasteiger partial charge in [0, 0.05) is 18.5 Å². The Bertz CT molecular complexity index is 2040. The minimum Gasteiger partial charge on any atom is -0.477 e. The van der Waals surface area contributed by atoms with Crippen LogP contribution in [0.15, 0.2) is 146 Å². The zero-order valence-corrected chi connectivity index (χ0v) is 26.5. The van der Waals surface area contributed by atoms with Crippen LogP contribution in [0.4, 0.5) is 0 Å². The molecule has 0 fully saturated rings. The van der Waals surface area contributed by atoms with Crippen molar-refractivity contribution in [3.8, 4) is 22.5 Å². The number of rotatable bonds is 11. The number of hydrogen-bond acceptors (Lipinski definition) is 5. The highest BCUT2D eigenvalue weighted by Crippen LogP contribution is 2.40. The first-order valence-corrected chi connectivity index (χ1v) is 16.0. The Morgan fingerprint density at radius 3 is 1.79 bits per heavy atom. The van der Waals surface area contributed by atoms with Gasteiger partial charge in [0.25, 0.3) is 0 Å². The van der Waals surface area contributed by atoms with E-state index in [1.807, 2.05) is 84.9 Å². The fourth-order valence-corrected chi connectivity index (χ4v) is 6.44. The molecule has 0 atom stereocenters. The van der Waals surface area contributed by atoms with Crippen molar-refractivity contribution in [3.63, 3.8) is 0 Å². The number of carboxylic acid groups (broad SMARTS) is 1. The van der Waals surface area contributed by atoms with E-state index < -0.39 is 11.5 Å². The highest BCUT2D eigenvalue weighted by atomic mass is 16.4. The third-order valence-electron chi connectivity index (χ3n) is 8.69. The van der Waals surface area contributed by atoms with E-state index in [1.54, 1.807) is 9.36 Å². The number of aromatic nitrogens is 6. The second-order valence-corrected chi connectivity index (χ2v) is 11.7. The maximum atomic E-state index is 11.9. The SMILES string of the molecule is CCCc1ncc(C(=O)O)n1Cc1ccc(-c2ccccc2-c2nnn(C(c3ccccc3)(c3ccccc3)c3ccccc3)n2)cc1. The van der Waals surface area contributed by atoms with Crippen LogP contribution in [0.2, 0.25) is 0 Å². The molecule has 2 heterocycles. The maximum Gasteiger partial charge on any atom is 0.354 e. The largest absolute Gasteiger partial charge is 0.477 e. The summed E-state index contributed by atoms with van der Waals surface area (Å²) in [6.45, 7) is 2.49. The molecule has 0 aliphatic carbocycles. The predicted octanol–water partition coefficient (Wildman–Crippen LogP) is 7.74. The number of imidazole rings is 1. The van der Waals surface area contributed by atoms with E-state index in [2.05, 4.69) is 71.6 Å². The van der Waals surface area contributed by atoms with Gasteiger partial charge >= 0.3 is 5.97 Å². The van der Waals surface area contributed by atoms with Gasteiger partial charge in [-0.3, -0.25) is 0 Å². The normalized spacial score (nSPS) is 11.4. The Morgan fingerprint density at radius 2 is 1.25 bits per heavy atom. The van der Waals surface area contributed by atoms with Gasteiger partial charge in [-0.1, -0.05) is 146 Å². The van der Waals surface area contributed by atoms with Gasteiger partial charge in [-0.25, -0.2) is 9.78 Å². The van der Waals surface area contributed by atoms with Crippen LogP contribution < -0.4 is 0 Å². The van der Waals surface area contributed by atoms with Crippen molar-refractivity contribution in [2.75, 3.05) is 0 Å². The molecule has 0 aliphatic rings. The van der Waals surface area contributed by atoms with Gasteiger partial charge in [-0.15, -0.1) is 15.0 Å². The Morgan fingerprint density at radius 1 is 0.708 bits per heavy atom. The predicted molar refractivity (Wildman–Crippen MR) is 186 cm³/mol. The Hall–Kier alpha value is -6.15. The second-order valence-electron chi connectivity index (χ2n) is 11.7. The fourth-order valence-electron chi connectivity index (χ4n) is 6.44. The van der Waals surface area contributed by atoms with Gasteiger partial charge in [-0.05, 0) is 45.0 Å². The Balaban J connectivity index is 1.29. The van der Waals surface area contributed by atoms with Crippen molar-refractivity contribution in [2.24, 2.45) is 0 Å². The molecule has 0 saturated heterocycles. The summed E-state index contributed by atoms with van der Waals surface area (Å²) in [5.74, 6) is 0.304. The number of nitrogens with zero attached hydrogens (tertiary/aromatic N) is 6. The quantitative estimate of drug-likeness (QED) is 0.147. The lowest BCUT2D eigenvalue weighted by molar-refractivity contribution is 0.0685. The minimum absolute atomic E-state index is 0.194. The lowest BCUT2D eigenvalue weighted by Gasteiger charge is -2.34. The molecule has 1 N–H and O–H groups in total. The third kappa shape index (κ3) is 5.58. The number of benzene rings is 5. The van der Waals surface area contributed by atoms with E-state index >= 15 is 0 Å². The van der Waals surface area contributed by atoms with Crippen LogP contribution in [-0.2, 0) is 18.5 Å². The molecule has 0 unspecified atom stereocenters. The monoisotopic (exact) mass is 630 g/mol. The summed E-state index contributed by atoms with van der Waals surface area (Å²) in [5, 5.41) is 24.2. The molecule has 8 nitrogen and oxygen atoms in total. The maximum absolute atomic E-state index is 11.9. The van der Waals surface area contributed by atoms with E-state index in [4.69, 9.17) is 10.3 Å². The zero-order valence-electron chi connectivity index (χ0n) is 26.5. The highest BCUT2D eigenvalue weighted by Gasteiger charge is 2.41. The van der Waals surface area contributed by atoms with E-state index in [0.717, 1.165) is 51.2 Å². The van der Waals surface area contributed by atoms with E-state index in [9.17, 15) is 9.90 Å². The minimum atomic E-state index is -0.980. The molecule has 48 heavy (non-hydrogen) atoms. The van der Waals surface area contributed by atoms with Gasteiger partial charge in [0.1, 0.15) is 11.5 Å². The number of carbonyl (C=O) groups is 1. The molecular formula is C40H34N6O2. The average Bonchev–Trinajstić information content (AvgIpc) is 3.79. The van der Waals surface area contributed by atoms with Crippen molar-refractivity contribution >= 4 is 5.97 Å². The van der Waals surface area contributed by atoms with Crippen LogP contribution in [0, 0.1) is 0 Å². The summed E-state index contributed by atoms with van der Waals surface area (Å²) in [6, 6.07) is 47.1. The first-order valence-electron chi connectivity index (χ1n) is 16.0. The first kappa shape index (κ1) is 30.5. The average molecular weight is 631 g/mol. The van der Waals surface area contributed by atoms with Crippen molar-refractivity contribution in [3.05, 3.63) is 179 Å². The Kier molecular flexibility index (Phi) is 8.45. The molecular weight excluding hydrogens is 596 g/mol. The van der Waals surface area contributed by atoms with Crippen LogP contribution in [0.1, 0.15) is 51.9 Å². The molecule has 2 aromatic heterocycles. The zero-order chi connectivity index (χ0) is 32.9. The summed E-state index contributed by atoms with van der Waals surface area (Å²) < 4.78 is 1.79. The van der Waals surface area contributed by atoms with Crippen LogP contribution in [0.3, 0.4) is 0 Å². The first-order chi connectivity index (χ1) is 23.6. The van der Waals surface area contributed by atoms with Crippen molar-refractivity contribution in [2.45, 2.75) is 31.8 Å². The van der Waals surface area contributed by atoms with Crippen molar-refractivity contribution in [1.29, 1.82) is 0 Å². The molecule has 8 heteroatoms. The summed E-state index contributed by atoms with van der Waals surface area (Å²) in [6.07, 6.45) is 3.04. The van der Waals surface area contributed by atoms with E-state index in [-0.39, 0.29) is 5.69 Å². The second kappa shape index (κ2) is 13.3. The lowest BCUT2D eigenvalue weighted by atomic mass is 9.77. The summed E-state index contributed by atoms with van der Waals surface area (Å²) >= 11 is 0. The molecule has 7 rings (SSSR count). The van der Waals surface area contributed by atoms with Gasteiger partial charge in [0.05, 0.1) is 6.20 Å². The molecule has 0 amide bonds. The summed E-state index contributed by atoms with van der Waals surface area (Å²) in [5.41, 5.74) is 6.16. The standard InChI is InChI=1S/C40H34N6O2/c1-2-14-37-41-27-36(39(47)48)45(37)28-29-23-25-30(26-24-29)34-21-12-13-22-35(34)38-42-44-46(43-38)40(31-15-6-3-7-16-31,32-17-8-4-9-18-32)33-19-10-5-11-20-33/h3-13,15-27H,2,14,28H2,1H3,(H,47,48). The van der Waals surface area contributed by atoms with Gasteiger partial charge in [0.15, 0.2) is 5.54 Å². The van der Waals surface area contributed by atoms with E-state index in [0.29, 0.717) is 18.8 Å². The number of hydrogen-bond donors (Lipinski definition) is 1. The summed E-state index contributed by atoms with van der Waals surface area (Å²) in [4.78, 5) is 18.0. The Labute approximate surface area is 279 Å². The smallest absolute Gasteiger partial charge is 0.354 e. The number of aromatic carboxylic acids is 1. The summed E-state index contributed by atoms with van der Waals surface area (Å²) in [7, 11) is 0. The number of tetrazole rings is 1. The van der Waals surface area contributed by atoms with Crippen molar-refractivity contribution < 1.29 is 9.90 Å². The van der Waals surface area contributed by atoms with Crippen molar-refractivity contribution in [1.82, 2.24) is 29.8 Å². The molecule has 7 aromatic rings. The van der Waals surface area contributed by atoms with Crippen LogP contribution in [0.25, 0.3) is 22.5 Å². The number of aryl methyl sites for hydroxylation is 1. The van der Waals surface area contributed by atoms with Gasteiger partial charge in [0.2, 0.25) is 5.82 Å². The molecule has 0 bridgehead atoms. The highest BCUT2D eigenvalue weighted by molar-refractivity contribution is 5.85. The topological polar surface area (TPSA) is 98.7 Å². The lowest BCUT2D eigenvalue weighted by Crippen LogP contribution is -2.39. The van der Waals surface area contributed by atoms with Gasteiger partial charge in [-0.2, -0.15) is 0 Å². The molecule has 0 saturated carbocycles. The molecule has 0 radical (unpaired) electrons. The number of carboxylic acids is 1. The molecule has 5 aromatic carbocycles. The molecule has 0 spiro atoms. The fraction of sp³-hybridized carbons (Fsp3) is 0.125. The van der Waals surface area contributed by atoms with Crippen LogP contribution in [-0.4, -0.2) is 40.8 Å². The van der Waals surface area contributed by atoms with Gasteiger partial charge < -0.3 is 9.67 Å². The molecule has 0 aliphatic heterocycles. The van der Waals surface area contributed by atoms with Crippen LogP contribution >= 0.6 is 0 Å². The van der Waals surface area contributed by atoms with E-state index in [1.165, 1.54) is 6.20 Å². The third-order valence-corrected chi connectivity index (χ3v) is 8.69.